The minimum atomic E-state index is -0.0808. The van der Waals surface area contributed by atoms with Crippen molar-refractivity contribution in [2.75, 3.05) is 27.4 Å². The number of unbranched alkanes of at least 4 members (excludes halogenated alkanes) is 6. The molecule has 242 valence electrons. The number of nitrogens with one attached hydrogen (secondary N) is 1. The fourth-order valence-electron chi connectivity index (χ4n) is 5.53. The summed E-state index contributed by atoms with van der Waals surface area (Å²) < 4.78 is 13.5. The second kappa shape index (κ2) is 20.7. The maximum Gasteiger partial charge on any atom is 0.235 e. The normalized spacial score (nSPS) is 11.8. The molecule has 8 heteroatoms. The lowest BCUT2D eigenvalue weighted by Crippen LogP contribution is -2.36. The molecule has 0 aliphatic heterocycles. The van der Waals surface area contributed by atoms with Gasteiger partial charge in [-0.1, -0.05) is 43.9 Å². The van der Waals surface area contributed by atoms with E-state index in [0.29, 0.717) is 38.9 Å². The van der Waals surface area contributed by atoms with Gasteiger partial charge in [-0.15, -0.1) is 0 Å². The van der Waals surface area contributed by atoms with Gasteiger partial charge in [-0.3, -0.25) is 14.4 Å². The lowest BCUT2D eigenvalue weighted by Gasteiger charge is -2.11. The summed E-state index contributed by atoms with van der Waals surface area (Å²) in [5.74, 6) is 1.38. The lowest BCUT2D eigenvalue weighted by molar-refractivity contribution is -0.646. The minimum Gasteiger partial charge on any atom is -0.494 e. The molecule has 8 nitrogen and oxygen atoms in total. The molecule has 0 aliphatic rings. The van der Waals surface area contributed by atoms with Crippen LogP contribution in [0.5, 0.6) is 5.75 Å². The topological polar surface area (TPSA) is 98.5 Å². The molecule has 0 spiro atoms. The second-order valence-electron chi connectivity index (χ2n) is 11.3. The number of methoxy groups -OCH3 is 1. The largest absolute Gasteiger partial charge is 0.494 e. The Labute approximate surface area is 263 Å². The Hall–Kier alpha value is -3.23. The summed E-state index contributed by atoms with van der Waals surface area (Å²) in [6, 6.07) is 14.2. The van der Waals surface area contributed by atoms with Crippen molar-refractivity contribution >= 4 is 39.4 Å². The fourth-order valence-corrected chi connectivity index (χ4v) is 5.53. The zero-order chi connectivity index (χ0) is 30.9. The van der Waals surface area contributed by atoms with Gasteiger partial charge in [-0.25, -0.2) is 4.98 Å². The van der Waals surface area contributed by atoms with Crippen LogP contribution < -0.4 is 14.6 Å². The first-order chi connectivity index (χ1) is 20.9. The number of ether oxygens (including phenoxy) is 2. The zero-order valence-corrected chi connectivity index (χ0v) is 27.4. The number of ketones is 3. The highest BCUT2D eigenvalue weighted by Gasteiger charge is 2.18. The Bertz CT molecular complexity index is 1330. The maximum atomic E-state index is 12.2. The summed E-state index contributed by atoms with van der Waals surface area (Å²) in [4.78, 5) is 40.6. The van der Waals surface area contributed by atoms with Gasteiger partial charge in [-0.2, -0.15) is 4.57 Å². The van der Waals surface area contributed by atoms with Crippen molar-refractivity contribution < 1.29 is 28.4 Å². The molecule has 2 aromatic carbocycles. The monoisotopic (exact) mass is 607 g/mol. The van der Waals surface area contributed by atoms with Crippen LogP contribution in [0.3, 0.4) is 0 Å². The first kappa shape index (κ1) is 37.0. The van der Waals surface area contributed by atoms with Gasteiger partial charge in [-0.05, 0) is 51.8 Å². The van der Waals surface area contributed by atoms with E-state index in [4.69, 9.17) is 14.5 Å². The van der Waals surface area contributed by atoms with Crippen LogP contribution in [0, 0.1) is 7.43 Å². The summed E-state index contributed by atoms with van der Waals surface area (Å²) in [5.41, 5.74) is 4.05. The smallest absolute Gasteiger partial charge is 0.235 e. The van der Waals surface area contributed by atoms with Gasteiger partial charge in [0.05, 0.1) is 26.4 Å². The van der Waals surface area contributed by atoms with E-state index in [9.17, 15) is 14.4 Å². The number of hydrogen-bond donors (Lipinski definition) is 1. The van der Waals surface area contributed by atoms with Crippen molar-refractivity contribution in [2.45, 2.75) is 103 Å². The second-order valence-corrected chi connectivity index (χ2v) is 11.3. The molecule has 0 saturated heterocycles. The van der Waals surface area contributed by atoms with Crippen LogP contribution in [0.25, 0.3) is 22.1 Å². The third-order valence-electron chi connectivity index (χ3n) is 8.07. The Morgan fingerprint density at radius 2 is 1.41 bits per heavy atom. The maximum absolute atomic E-state index is 12.2. The number of likely N-dealkylation sites (N-methyl/N-ethyl adjacent to an activating group) is 1. The van der Waals surface area contributed by atoms with Crippen LogP contribution in [0.1, 0.15) is 90.4 Å². The molecule has 1 unspecified atom stereocenters. The summed E-state index contributed by atoms with van der Waals surface area (Å²) >= 11 is 0. The summed E-state index contributed by atoms with van der Waals surface area (Å²) in [7, 11) is 3.48. The lowest BCUT2D eigenvalue weighted by atomic mass is 10.0. The third-order valence-corrected chi connectivity index (χ3v) is 8.07. The molecule has 44 heavy (non-hydrogen) atoms. The van der Waals surface area contributed by atoms with Gasteiger partial charge in [0.1, 0.15) is 29.4 Å². The van der Waals surface area contributed by atoms with Gasteiger partial charge in [0.25, 0.3) is 0 Å². The number of benzene rings is 2. The number of carbonyl (C=O) groups excluding carboxylic acids is 3. The third kappa shape index (κ3) is 12.0. The van der Waals surface area contributed by atoms with E-state index >= 15 is 0 Å². The number of aryl methyl sites for hydroxylation is 1. The fraction of sp³-hybridized carbons (Fsp3) is 0.556. The number of para-hydroxylation sites is 3. The highest BCUT2D eigenvalue weighted by molar-refractivity contribution is 5.85. The van der Waals surface area contributed by atoms with Crippen LogP contribution in [0.4, 0.5) is 0 Å². The minimum absolute atomic E-state index is 0. The Morgan fingerprint density at radius 1 is 0.795 bits per heavy atom. The summed E-state index contributed by atoms with van der Waals surface area (Å²) in [6.07, 6.45) is 10.7. The molecule has 3 rings (SSSR count). The van der Waals surface area contributed by atoms with Crippen molar-refractivity contribution in [1.82, 2.24) is 10.3 Å². The Kier molecular flexibility index (Phi) is 17.4. The van der Waals surface area contributed by atoms with Gasteiger partial charge < -0.3 is 22.2 Å². The van der Waals surface area contributed by atoms with Crippen LogP contribution in [-0.4, -0.2) is 55.7 Å². The van der Waals surface area contributed by atoms with Crippen LogP contribution in [0.2, 0.25) is 0 Å². The molecule has 1 aromatic heterocycles. The Balaban J connectivity index is 0.00000675. The first-order valence-corrected chi connectivity index (χ1v) is 16.0. The van der Waals surface area contributed by atoms with E-state index in [1.165, 1.54) is 0 Å². The van der Waals surface area contributed by atoms with Crippen LogP contribution >= 0.6 is 0 Å². The number of carbonyl (C=O) groups is 3. The number of rotatable bonds is 23. The average molecular weight is 608 g/mol. The van der Waals surface area contributed by atoms with Gasteiger partial charge >= 0.3 is 0 Å². The van der Waals surface area contributed by atoms with E-state index in [1.807, 2.05) is 24.3 Å². The number of hydrogen-bond acceptors (Lipinski definition) is 7. The van der Waals surface area contributed by atoms with E-state index < -0.39 is 0 Å². The number of nitrogens with zero attached hydrogens (tertiary/aromatic N) is 2. The number of fused-ring (bicyclic) bond motifs is 2. The molecule has 0 bridgehead atoms. The van der Waals surface area contributed by atoms with Crippen molar-refractivity contribution in [3.63, 3.8) is 0 Å². The summed E-state index contributed by atoms with van der Waals surface area (Å²) in [5, 5.41) is 3.02. The van der Waals surface area contributed by atoms with Crippen molar-refractivity contribution in [3.05, 3.63) is 49.9 Å². The first-order valence-electron chi connectivity index (χ1n) is 16.0. The molecule has 0 amide bonds. The summed E-state index contributed by atoms with van der Waals surface area (Å²) in [6.45, 7) is 3.28. The standard InChI is InChI=1S/C35H50N3O5.CH3/c1-27(39)30(36-2)17-10-7-9-16-29(41)23-26-43-25-22-28(40)15-8-5-4-6-13-24-38-32-19-12-11-18-31(32)37-35-33(38)20-14-21-34(35)42-3;/h11-12,14,18-21,30,36H,4-10,13,15-17,22-26H2,1-3H3;1H3/q+1;-1. The predicted octanol–water partition coefficient (Wildman–Crippen LogP) is 6.54. The SMILES string of the molecule is CNC(CCCCCC(=O)CCOCCC(=O)CCCCCCC[n+]1c2ccccc2nc2c(OC)cccc21)C(C)=O.[CH3-]. The van der Waals surface area contributed by atoms with Gasteiger partial charge in [0.15, 0.2) is 11.3 Å². The van der Waals surface area contributed by atoms with E-state index in [2.05, 4.69) is 28.1 Å². The van der Waals surface area contributed by atoms with E-state index in [1.54, 1.807) is 21.1 Å². The molecule has 3 aromatic rings. The number of Topliss-reactive ketones (excluding diaryl/α,β-unsaturated/α-hetero) is 3. The molecule has 1 N–H and O–H groups in total. The molecule has 0 fully saturated rings. The van der Waals surface area contributed by atoms with Crippen LogP contribution in [0.15, 0.2) is 42.5 Å². The van der Waals surface area contributed by atoms with Crippen molar-refractivity contribution in [2.24, 2.45) is 0 Å². The molecule has 1 heterocycles. The van der Waals surface area contributed by atoms with Crippen molar-refractivity contribution in [1.29, 1.82) is 0 Å². The van der Waals surface area contributed by atoms with Gasteiger partial charge in [0, 0.05) is 44.2 Å². The highest BCUT2D eigenvalue weighted by atomic mass is 16.5. The van der Waals surface area contributed by atoms with Crippen LogP contribution in [-0.2, 0) is 25.7 Å². The molecule has 0 aliphatic carbocycles. The van der Waals surface area contributed by atoms with Crippen molar-refractivity contribution in [3.8, 4) is 5.75 Å². The number of aromatic nitrogens is 2. The molecule has 1 atom stereocenters. The van der Waals surface area contributed by atoms with Gasteiger partial charge in [0.2, 0.25) is 11.0 Å². The van der Waals surface area contributed by atoms with E-state index in [-0.39, 0.29) is 30.8 Å². The quantitative estimate of drug-likeness (QED) is 0.0566. The predicted molar refractivity (Wildman–Crippen MR) is 177 cm³/mol. The molecule has 0 radical (unpaired) electrons. The Morgan fingerprint density at radius 3 is 2.07 bits per heavy atom. The molecular formula is C36H53N3O5. The van der Waals surface area contributed by atoms with E-state index in [0.717, 1.165) is 92.1 Å². The molecular weight excluding hydrogens is 554 g/mol. The molecule has 0 saturated carbocycles. The zero-order valence-electron chi connectivity index (χ0n) is 27.4. The highest BCUT2D eigenvalue weighted by Crippen LogP contribution is 2.24. The average Bonchev–Trinajstić information content (AvgIpc) is 3.01.